The van der Waals surface area contributed by atoms with Crippen LogP contribution in [0.1, 0.15) is 24.0 Å². The maximum Gasteiger partial charge on any atom is 0.101 e. The number of nitrogens with one attached hydrogen (secondary N) is 1. The van der Waals surface area contributed by atoms with Crippen LogP contribution >= 0.6 is 0 Å². The molecule has 1 aromatic carbocycles. The zero-order chi connectivity index (χ0) is 13.0. The SMILES string of the molecule is CN1CCC(Nc2ccc(C#N)c(C#N)c2)CC1. The zero-order valence-electron chi connectivity index (χ0n) is 10.5. The summed E-state index contributed by atoms with van der Waals surface area (Å²) in [7, 11) is 2.13. The fourth-order valence-electron chi connectivity index (χ4n) is 2.21. The van der Waals surface area contributed by atoms with Crippen molar-refractivity contribution in [3.8, 4) is 12.1 Å². The number of rotatable bonds is 2. The first-order valence-electron chi connectivity index (χ1n) is 6.12. The van der Waals surface area contributed by atoms with Crippen LogP contribution < -0.4 is 5.32 Å². The second kappa shape index (κ2) is 5.53. The summed E-state index contributed by atoms with van der Waals surface area (Å²) in [6.07, 6.45) is 2.22. The lowest BCUT2D eigenvalue weighted by molar-refractivity contribution is 0.264. The average Bonchev–Trinajstić information content (AvgIpc) is 2.41. The molecule has 2 rings (SSSR count). The van der Waals surface area contributed by atoms with E-state index in [9.17, 15) is 0 Å². The predicted molar refractivity (Wildman–Crippen MR) is 70.0 cm³/mol. The summed E-state index contributed by atoms with van der Waals surface area (Å²) in [5, 5.41) is 21.3. The molecule has 1 heterocycles. The van der Waals surface area contributed by atoms with Crippen LogP contribution in [0.5, 0.6) is 0 Å². The van der Waals surface area contributed by atoms with E-state index in [0.29, 0.717) is 17.2 Å². The fraction of sp³-hybridized carbons (Fsp3) is 0.429. The van der Waals surface area contributed by atoms with Crippen LogP contribution in [0.3, 0.4) is 0 Å². The number of hydrogen-bond donors (Lipinski definition) is 1. The molecule has 1 aromatic rings. The second-order valence-corrected chi connectivity index (χ2v) is 4.71. The second-order valence-electron chi connectivity index (χ2n) is 4.71. The van der Waals surface area contributed by atoms with Gasteiger partial charge in [-0.05, 0) is 51.2 Å². The van der Waals surface area contributed by atoms with Crippen molar-refractivity contribution in [2.24, 2.45) is 0 Å². The monoisotopic (exact) mass is 240 g/mol. The molecule has 0 bridgehead atoms. The van der Waals surface area contributed by atoms with Crippen LogP contribution in [0.15, 0.2) is 18.2 Å². The number of hydrogen-bond acceptors (Lipinski definition) is 4. The number of piperidine rings is 1. The van der Waals surface area contributed by atoms with Crippen molar-refractivity contribution < 1.29 is 0 Å². The Balaban J connectivity index is 2.07. The van der Waals surface area contributed by atoms with Gasteiger partial charge in [0.25, 0.3) is 0 Å². The Kier molecular flexibility index (Phi) is 3.82. The van der Waals surface area contributed by atoms with Gasteiger partial charge in [-0.3, -0.25) is 0 Å². The first-order chi connectivity index (χ1) is 8.72. The lowest BCUT2D eigenvalue weighted by Gasteiger charge is -2.30. The molecule has 0 radical (unpaired) electrons. The largest absolute Gasteiger partial charge is 0.382 e. The maximum absolute atomic E-state index is 8.98. The van der Waals surface area contributed by atoms with Gasteiger partial charge in [-0.15, -0.1) is 0 Å². The van der Waals surface area contributed by atoms with E-state index in [4.69, 9.17) is 10.5 Å². The molecule has 1 aliphatic rings. The van der Waals surface area contributed by atoms with Gasteiger partial charge in [-0.1, -0.05) is 0 Å². The number of anilines is 1. The lowest BCUT2D eigenvalue weighted by Crippen LogP contribution is -2.36. The molecule has 4 nitrogen and oxygen atoms in total. The first kappa shape index (κ1) is 12.4. The van der Waals surface area contributed by atoms with Gasteiger partial charge >= 0.3 is 0 Å². The molecule has 0 aromatic heterocycles. The summed E-state index contributed by atoms with van der Waals surface area (Å²) >= 11 is 0. The molecular formula is C14H16N4. The van der Waals surface area contributed by atoms with E-state index >= 15 is 0 Å². The fourth-order valence-corrected chi connectivity index (χ4v) is 2.21. The molecule has 0 aliphatic carbocycles. The van der Waals surface area contributed by atoms with Gasteiger partial charge in [0, 0.05) is 11.7 Å². The molecule has 1 saturated heterocycles. The molecule has 0 unspecified atom stereocenters. The molecule has 0 atom stereocenters. The third kappa shape index (κ3) is 2.80. The highest BCUT2D eigenvalue weighted by Gasteiger charge is 2.16. The maximum atomic E-state index is 8.98. The van der Waals surface area contributed by atoms with Crippen LogP contribution in [0, 0.1) is 22.7 Å². The first-order valence-corrected chi connectivity index (χ1v) is 6.12. The Morgan fingerprint density at radius 1 is 1.17 bits per heavy atom. The summed E-state index contributed by atoms with van der Waals surface area (Å²) in [6.45, 7) is 2.19. The minimum absolute atomic E-state index is 0.437. The molecule has 92 valence electrons. The molecule has 1 fully saturated rings. The highest BCUT2D eigenvalue weighted by Crippen LogP contribution is 2.19. The Morgan fingerprint density at radius 2 is 1.83 bits per heavy atom. The number of nitrogens with zero attached hydrogens (tertiary/aromatic N) is 3. The van der Waals surface area contributed by atoms with Crippen LogP contribution in [0.2, 0.25) is 0 Å². The molecular weight excluding hydrogens is 224 g/mol. The van der Waals surface area contributed by atoms with E-state index in [-0.39, 0.29) is 0 Å². The van der Waals surface area contributed by atoms with Crippen molar-refractivity contribution in [1.29, 1.82) is 10.5 Å². The van der Waals surface area contributed by atoms with E-state index < -0.39 is 0 Å². The van der Waals surface area contributed by atoms with Gasteiger partial charge in [0.2, 0.25) is 0 Å². The standard InChI is InChI=1S/C14H16N4/c1-18-6-4-13(5-7-18)17-14-3-2-11(9-15)12(8-14)10-16/h2-3,8,13,17H,4-7H2,1H3. The van der Waals surface area contributed by atoms with E-state index in [1.54, 1.807) is 12.1 Å². The van der Waals surface area contributed by atoms with Gasteiger partial charge in [-0.2, -0.15) is 10.5 Å². The topological polar surface area (TPSA) is 62.9 Å². The van der Waals surface area contributed by atoms with Gasteiger partial charge in [0.05, 0.1) is 11.1 Å². The Morgan fingerprint density at radius 3 is 2.44 bits per heavy atom. The number of likely N-dealkylation sites (tertiary alicyclic amines) is 1. The van der Waals surface area contributed by atoms with Crippen LogP contribution in [0.25, 0.3) is 0 Å². The van der Waals surface area contributed by atoms with Gasteiger partial charge in [0.15, 0.2) is 0 Å². The summed E-state index contributed by atoms with van der Waals surface area (Å²) in [5.74, 6) is 0. The quantitative estimate of drug-likeness (QED) is 0.858. The van der Waals surface area contributed by atoms with E-state index in [1.807, 2.05) is 12.1 Å². The summed E-state index contributed by atoms with van der Waals surface area (Å²) in [5.41, 5.74) is 1.81. The molecule has 1 N–H and O–H groups in total. The Bertz CT molecular complexity index is 502. The number of nitriles is 2. The minimum Gasteiger partial charge on any atom is -0.382 e. The van der Waals surface area contributed by atoms with Crippen molar-refractivity contribution in [1.82, 2.24) is 4.90 Å². The summed E-state index contributed by atoms with van der Waals surface area (Å²) in [6, 6.07) is 9.88. The highest BCUT2D eigenvalue weighted by molar-refractivity contribution is 5.56. The molecule has 0 spiro atoms. The Hall–Kier alpha value is -2.04. The third-order valence-corrected chi connectivity index (χ3v) is 3.35. The normalized spacial score (nSPS) is 16.8. The summed E-state index contributed by atoms with van der Waals surface area (Å²) < 4.78 is 0. The zero-order valence-corrected chi connectivity index (χ0v) is 10.5. The lowest BCUT2D eigenvalue weighted by atomic mass is 10.0. The van der Waals surface area contributed by atoms with Crippen LogP contribution in [0.4, 0.5) is 5.69 Å². The van der Waals surface area contributed by atoms with Crippen molar-refractivity contribution >= 4 is 5.69 Å². The van der Waals surface area contributed by atoms with Crippen LogP contribution in [-0.2, 0) is 0 Å². The minimum atomic E-state index is 0.437. The smallest absolute Gasteiger partial charge is 0.101 e. The van der Waals surface area contributed by atoms with Gasteiger partial charge in [-0.25, -0.2) is 0 Å². The van der Waals surface area contributed by atoms with Gasteiger partial charge < -0.3 is 10.2 Å². The molecule has 18 heavy (non-hydrogen) atoms. The van der Waals surface area contributed by atoms with Crippen molar-refractivity contribution in [3.63, 3.8) is 0 Å². The molecule has 4 heteroatoms. The number of benzene rings is 1. The summed E-state index contributed by atoms with van der Waals surface area (Å²) in [4.78, 5) is 2.32. The van der Waals surface area contributed by atoms with E-state index in [0.717, 1.165) is 31.6 Å². The van der Waals surface area contributed by atoms with Crippen molar-refractivity contribution in [3.05, 3.63) is 29.3 Å². The van der Waals surface area contributed by atoms with Crippen molar-refractivity contribution in [2.75, 3.05) is 25.5 Å². The molecule has 1 aliphatic heterocycles. The van der Waals surface area contributed by atoms with E-state index in [1.165, 1.54) is 0 Å². The Labute approximate surface area is 107 Å². The average molecular weight is 240 g/mol. The van der Waals surface area contributed by atoms with Gasteiger partial charge in [0.1, 0.15) is 12.1 Å². The van der Waals surface area contributed by atoms with Crippen molar-refractivity contribution in [2.45, 2.75) is 18.9 Å². The highest BCUT2D eigenvalue weighted by atomic mass is 15.1. The predicted octanol–water partition coefficient (Wildman–Crippen LogP) is 1.94. The van der Waals surface area contributed by atoms with E-state index in [2.05, 4.69) is 23.3 Å². The molecule has 0 saturated carbocycles. The van der Waals surface area contributed by atoms with Crippen LogP contribution in [-0.4, -0.2) is 31.1 Å². The third-order valence-electron chi connectivity index (χ3n) is 3.35. The molecule has 0 amide bonds.